The molecule has 334 valence electrons. The molecule has 4 bridgehead atoms. The van der Waals surface area contributed by atoms with Crippen LogP contribution in [0.3, 0.4) is 0 Å². The molecule has 0 atom stereocenters. The summed E-state index contributed by atoms with van der Waals surface area (Å²) in [6.07, 6.45) is 6.71. The molecular weight excluding hydrogens is 853 g/mol. The fourth-order valence-corrected chi connectivity index (χ4v) is 13.1. The largest absolute Gasteiger partial charge is 0.208 e. The molecule has 2 heterocycles. The minimum atomic E-state index is 0.00201. The second-order valence-corrected chi connectivity index (χ2v) is 19.9. The Morgan fingerprint density at radius 3 is 1.03 bits per heavy atom. The standard InChI is InChI=1S/C64H48N6/c1-5-15-42(16-6-1)58-65-59(43-17-7-2-8-18-43)68-62(67-58)50-25-13-23-46(36-50)48-28-30-56-55(38-48)54-29-27-49(39-57(54)64(56)52-32-40-31-41(34-52)35-53(64)33-40)47-24-14-26-51(37-47)63-69-60(44-19-9-3-10-20-44)66-61(70-63)45-21-11-4-12-22-45/h1-30,36-41,52-53H,31-35H2. The topological polar surface area (TPSA) is 77.3 Å². The monoisotopic (exact) mass is 900 g/mol. The van der Waals surface area contributed by atoms with Crippen LogP contribution in [0.25, 0.3) is 102 Å². The molecule has 6 heteroatoms. The van der Waals surface area contributed by atoms with E-state index in [1.165, 1.54) is 71.0 Å². The summed E-state index contributed by atoms with van der Waals surface area (Å²) in [6, 6.07) is 73.1. The van der Waals surface area contributed by atoms with Crippen LogP contribution < -0.4 is 0 Å². The first kappa shape index (κ1) is 40.8. The molecule has 5 aliphatic rings. The van der Waals surface area contributed by atoms with Crippen molar-refractivity contribution in [2.75, 3.05) is 0 Å². The number of rotatable bonds is 8. The van der Waals surface area contributed by atoms with Crippen LogP contribution in [0, 0.1) is 23.7 Å². The van der Waals surface area contributed by atoms with Gasteiger partial charge in [0.1, 0.15) is 0 Å². The molecule has 4 saturated carbocycles. The van der Waals surface area contributed by atoms with Crippen LogP contribution in [0.4, 0.5) is 0 Å². The molecular formula is C64H48N6. The summed E-state index contributed by atoms with van der Waals surface area (Å²) in [4.78, 5) is 30.3. The highest BCUT2D eigenvalue weighted by Gasteiger charge is 2.61. The van der Waals surface area contributed by atoms with Crippen molar-refractivity contribution in [3.63, 3.8) is 0 Å². The Labute approximate surface area is 408 Å². The number of nitrogens with zero attached hydrogens (tertiary/aromatic N) is 6. The molecule has 15 rings (SSSR count). The molecule has 5 aliphatic carbocycles. The van der Waals surface area contributed by atoms with Gasteiger partial charge in [-0.3, -0.25) is 0 Å². The van der Waals surface area contributed by atoms with E-state index in [2.05, 4.69) is 133 Å². The maximum atomic E-state index is 5.09. The van der Waals surface area contributed by atoms with Crippen LogP contribution in [0.1, 0.15) is 43.2 Å². The number of hydrogen-bond acceptors (Lipinski definition) is 6. The van der Waals surface area contributed by atoms with Crippen molar-refractivity contribution in [2.45, 2.75) is 37.5 Å². The third-order valence-electron chi connectivity index (χ3n) is 16.0. The Balaban J connectivity index is 0.869. The smallest absolute Gasteiger partial charge is 0.164 e. The van der Waals surface area contributed by atoms with Crippen LogP contribution >= 0.6 is 0 Å². The average Bonchev–Trinajstić information content (AvgIpc) is 3.72. The molecule has 0 N–H and O–H groups in total. The van der Waals surface area contributed by atoms with E-state index in [0.29, 0.717) is 46.8 Å². The number of benzene rings is 8. The van der Waals surface area contributed by atoms with Gasteiger partial charge in [-0.15, -0.1) is 0 Å². The first-order valence-corrected chi connectivity index (χ1v) is 24.9. The maximum absolute atomic E-state index is 5.09. The highest BCUT2D eigenvalue weighted by molar-refractivity contribution is 5.88. The summed E-state index contributed by atoms with van der Waals surface area (Å²) in [5.74, 6) is 6.97. The van der Waals surface area contributed by atoms with Gasteiger partial charge in [0, 0.05) is 38.8 Å². The number of hydrogen-bond donors (Lipinski definition) is 0. The van der Waals surface area contributed by atoms with E-state index < -0.39 is 0 Å². The molecule has 1 spiro atoms. The van der Waals surface area contributed by atoms with Gasteiger partial charge in [-0.25, -0.2) is 29.9 Å². The van der Waals surface area contributed by atoms with Crippen molar-refractivity contribution in [1.29, 1.82) is 0 Å². The van der Waals surface area contributed by atoms with E-state index in [1.54, 1.807) is 0 Å². The second kappa shape index (κ2) is 16.5. The van der Waals surface area contributed by atoms with Crippen molar-refractivity contribution in [3.05, 3.63) is 217 Å². The molecule has 6 nitrogen and oxygen atoms in total. The van der Waals surface area contributed by atoms with Gasteiger partial charge in [-0.2, -0.15) is 0 Å². The quantitative estimate of drug-likeness (QED) is 0.151. The molecule has 0 saturated heterocycles. The van der Waals surface area contributed by atoms with Crippen molar-refractivity contribution in [2.24, 2.45) is 23.7 Å². The molecule has 0 radical (unpaired) electrons. The van der Waals surface area contributed by atoms with Gasteiger partial charge in [0.25, 0.3) is 0 Å². The Morgan fingerprint density at radius 1 is 0.257 bits per heavy atom. The third kappa shape index (κ3) is 6.84. The lowest BCUT2D eigenvalue weighted by Crippen LogP contribution is -2.55. The Bertz CT molecular complexity index is 3470. The van der Waals surface area contributed by atoms with Crippen molar-refractivity contribution in [1.82, 2.24) is 29.9 Å². The van der Waals surface area contributed by atoms with Gasteiger partial charge < -0.3 is 0 Å². The van der Waals surface area contributed by atoms with Crippen molar-refractivity contribution < 1.29 is 0 Å². The zero-order chi connectivity index (χ0) is 46.2. The van der Waals surface area contributed by atoms with Crippen LogP contribution in [0.15, 0.2) is 206 Å². The van der Waals surface area contributed by atoms with E-state index in [1.807, 2.05) is 72.8 Å². The molecule has 8 aromatic carbocycles. The first-order chi connectivity index (χ1) is 34.6. The first-order valence-electron chi connectivity index (χ1n) is 24.9. The lowest BCUT2D eigenvalue weighted by Gasteiger charge is -2.61. The van der Waals surface area contributed by atoms with E-state index in [0.717, 1.165) is 50.8 Å². The van der Waals surface area contributed by atoms with E-state index in [9.17, 15) is 0 Å². The lowest BCUT2D eigenvalue weighted by molar-refractivity contribution is -0.0399. The molecule has 0 amide bonds. The third-order valence-corrected chi connectivity index (χ3v) is 16.0. The summed E-state index contributed by atoms with van der Waals surface area (Å²) in [7, 11) is 0. The summed E-state index contributed by atoms with van der Waals surface area (Å²) in [5.41, 5.74) is 16.4. The number of fused-ring (bicyclic) bond motifs is 3. The van der Waals surface area contributed by atoms with Crippen LogP contribution in [0.5, 0.6) is 0 Å². The highest BCUT2D eigenvalue weighted by Crippen LogP contribution is 2.69. The number of aromatic nitrogens is 6. The lowest BCUT2D eigenvalue weighted by atomic mass is 9.43. The van der Waals surface area contributed by atoms with Crippen molar-refractivity contribution in [3.8, 4) is 102 Å². The maximum Gasteiger partial charge on any atom is 0.164 e. The predicted octanol–water partition coefficient (Wildman–Crippen LogP) is 15.1. The molecule has 4 fully saturated rings. The van der Waals surface area contributed by atoms with E-state index >= 15 is 0 Å². The second-order valence-electron chi connectivity index (χ2n) is 19.9. The zero-order valence-electron chi connectivity index (χ0n) is 38.7. The average molecular weight is 901 g/mol. The predicted molar refractivity (Wildman–Crippen MR) is 280 cm³/mol. The molecule has 2 aromatic heterocycles. The van der Waals surface area contributed by atoms with Gasteiger partial charge in [0.15, 0.2) is 34.9 Å². The highest BCUT2D eigenvalue weighted by atomic mass is 15.0. The Morgan fingerprint density at radius 2 is 0.600 bits per heavy atom. The van der Waals surface area contributed by atoms with Crippen molar-refractivity contribution >= 4 is 0 Å². The van der Waals surface area contributed by atoms with Gasteiger partial charge in [-0.1, -0.05) is 182 Å². The minimum absolute atomic E-state index is 0.00201. The van der Waals surface area contributed by atoms with E-state index in [4.69, 9.17) is 29.9 Å². The fourth-order valence-electron chi connectivity index (χ4n) is 13.1. The molecule has 0 aliphatic heterocycles. The van der Waals surface area contributed by atoms with Gasteiger partial charge in [0.2, 0.25) is 0 Å². The summed E-state index contributed by atoms with van der Waals surface area (Å²) < 4.78 is 0. The van der Waals surface area contributed by atoms with Gasteiger partial charge >= 0.3 is 0 Å². The van der Waals surface area contributed by atoms with Gasteiger partial charge in [0.05, 0.1) is 0 Å². The fraction of sp³-hybridized carbons (Fsp3) is 0.156. The van der Waals surface area contributed by atoms with Crippen LogP contribution in [-0.4, -0.2) is 29.9 Å². The minimum Gasteiger partial charge on any atom is -0.208 e. The van der Waals surface area contributed by atoms with Gasteiger partial charge in [-0.05, 0) is 125 Å². The Hall–Kier alpha value is -8.22. The van der Waals surface area contributed by atoms with Crippen LogP contribution in [-0.2, 0) is 5.41 Å². The van der Waals surface area contributed by atoms with E-state index in [-0.39, 0.29) is 5.41 Å². The molecule has 70 heavy (non-hydrogen) atoms. The molecule has 0 unspecified atom stereocenters. The summed E-state index contributed by atoms with van der Waals surface area (Å²) in [5, 5.41) is 0. The van der Waals surface area contributed by atoms with Crippen LogP contribution in [0.2, 0.25) is 0 Å². The normalized spacial score (nSPS) is 20.3. The summed E-state index contributed by atoms with van der Waals surface area (Å²) in [6.45, 7) is 0. The summed E-state index contributed by atoms with van der Waals surface area (Å²) >= 11 is 0. The Kier molecular flexibility index (Phi) is 9.61. The SMILES string of the molecule is c1ccc(-c2nc(-c3ccccc3)nc(-c3cccc(-c4ccc5c(c4)-c4ccc(-c6cccc(-c7nc(-c8ccccc8)nc(-c8ccccc8)n7)c6)cc4C54C5CC6CC(C5)CC4C6)c3)n2)cc1. The molecule has 10 aromatic rings. The zero-order valence-corrected chi connectivity index (χ0v) is 38.7.